The monoisotopic (exact) mass is 364 g/mol. The molecular weight excluding hydrogens is 344 g/mol. The highest BCUT2D eigenvalue weighted by Crippen LogP contribution is 2.25. The van der Waals surface area contributed by atoms with Gasteiger partial charge in [-0.05, 0) is 30.7 Å². The third-order valence-electron chi connectivity index (χ3n) is 4.27. The molecule has 138 valence electrons. The van der Waals surface area contributed by atoms with Gasteiger partial charge in [-0.3, -0.25) is 9.59 Å². The van der Waals surface area contributed by atoms with Crippen LogP contribution in [-0.4, -0.2) is 29.3 Å². The van der Waals surface area contributed by atoms with Crippen LogP contribution >= 0.6 is 0 Å². The second kappa shape index (κ2) is 7.86. The zero-order valence-corrected chi connectivity index (χ0v) is 15.2. The molecule has 0 spiro atoms. The summed E-state index contributed by atoms with van der Waals surface area (Å²) >= 11 is 0. The van der Waals surface area contributed by atoms with E-state index in [1.807, 2.05) is 25.1 Å². The molecule has 0 saturated heterocycles. The Bertz CT molecular complexity index is 1020. The summed E-state index contributed by atoms with van der Waals surface area (Å²) < 4.78 is 6.80. The average Bonchev–Trinajstić information content (AvgIpc) is 2.98. The molecule has 3 rings (SSSR count). The fraction of sp³-hybridized carbons (Fsp3) is 0.190. The molecule has 0 aliphatic heterocycles. The number of amides is 1. The summed E-state index contributed by atoms with van der Waals surface area (Å²) in [5, 5.41) is 3.48. The lowest BCUT2D eigenvalue weighted by Crippen LogP contribution is -2.17. The molecule has 1 amide bonds. The zero-order valence-electron chi connectivity index (χ0n) is 15.2. The highest BCUT2D eigenvalue weighted by Gasteiger charge is 2.21. The number of fused-ring (bicyclic) bond motifs is 1. The van der Waals surface area contributed by atoms with Gasteiger partial charge in [-0.15, -0.1) is 0 Å². The number of carbonyl (C=O) groups excluding carboxylic acids is 3. The summed E-state index contributed by atoms with van der Waals surface area (Å²) in [6.07, 6.45) is 1.42. The number of ether oxygens (including phenoxy) is 1. The van der Waals surface area contributed by atoms with Crippen LogP contribution in [0.1, 0.15) is 44.5 Å². The lowest BCUT2D eigenvalue weighted by Gasteiger charge is -2.09. The van der Waals surface area contributed by atoms with Crippen molar-refractivity contribution in [2.24, 2.45) is 7.05 Å². The molecule has 27 heavy (non-hydrogen) atoms. The van der Waals surface area contributed by atoms with Gasteiger partial charge in [-0.25, -0.2) is 4.79 Å². The van der Waals surface area contributed by atoms with Crippen molar-refractivity contribution in [3.63, 3.8) is 0 Å². The Hall–Kier alpha value is -3.41. The number of hydrogen-bond acceptors (Lipinski definition) is 4. The Morgan fingerprint density at radius 3 is 2.67 bits per heavy atom. The van der Waals surface area contributed by atoms with Crippen LogP contribution in [0.25, 0.3) is 10.9 Å². The highest BCUT2D eigenvalue weighted by molar-refractivity contribution is 6.14. The first kappa shape index (κ1) is 18.4. The van der Waals surface area contributed by atoms with Crippen LogP contribution in [0.2, 0.25) is 0 Å². The number of benzene rings is 2. The largest absolute Gasteiger partial charge is 0.462 e. The third-order valence-corrected chi connectivity index (χ3v) is 4.27. The summed E-state index contributed by atoms with van der Waals surface area (Å²) in [7, 11) is 1.74. The first-order valence-corrected chi connectivity index (χ1v) is 8.68. The molecule has 0 fully saturated rings. The Labute approximate surface area is 156 Å². The Kier molecular flexibility index (Phi) is 5.35. The van der Waals surface area contributed by atoms with Crippen LogP contribution in [0.3, 0.4) is 0 Å². The van der Waals surface area contributed by atoms with Crippen molar-refractivity contribution < 1.29 is 19.1 Å². The maximum atomic E-state index is 12.8. The molecule has 3 aromatic rings. The van der Waals surface area contributed by atoms with Gasteiger partial charge in [0.2, 0.25) is 0 Å². The molecule has 0 radical (unpaired) electrons. The van der Waals surface area contributed by atoms with Crippen LogP contribution in [0.15, 0.2) is 48.5 Å². The van der Waals surface area contributed by atoms with Crippen molar-refractivity contribution in [1.29, 1.82) is 0 Å². The first-order chi connectivity index (χ1) is 13.1. The molecule has 1 N–H and O–H groups in total. The van der Waals surface area contributed by atoms with E-state index in [-0.39, 0.29) is 5.69 Å². The quantitative estimate of drug-likeness (QED) is 0.533. The molecule has 1 aromatic heterocycles. The number of carbonyl (C=O) groups is 3. The average molecular weight is 364 g/mol. The smallest absolute Gasteiger partial charge is 0.338 e. The number of esters is 1. The van der Waals surface area contributed by atoms with Crippen LogP contribution in [0.4, 0.5) is 5.69 Å². The van der Waals surface area contributed by atoms with Crippen molar-refractivity contribution in [1.82, 2.24) is 4.57 Å². The van der Waals surface area contributed by atoms with Crippen LogP contribution in [0, 0.1) is 0 Å². The lowest BCUT2D eigenvalue weighted by atomic mass is 10.1. The number of rotatable bonds is 6. The van der Waals surface area contributed by atoms with Crippen LogP contribution < -0.4 is 5.32 Å². The van der Waals surface area contributed by atoms with Crippen molar-refractivity contribution in [2.45, 2.75) is 13.3 Å². The number of aldehydes is 1. The maximum Gasteiger partial charge on any atom is 0.338 e. The molecule has 0 bridgehead atoms. The second-order valence-electron chi connectivity index (χ2n) is 6.13. The van der Waals surface area contributed by atoms with Crippen molar-refractivity contribution >= 4 is 34.8 Å². The SMILES string of the molecule is CCCOC(=O)c1cccc(NC(=O)c2c(C=O)c3ccccc3n2C)c1. The van der Waals surface area contributed by atoms with E-state index < -0.39 is 11.9 Å². The molecule has 0 unspecified atom stereocenters. The summed E-state index contributed by atoms with van der Waals surface area (Å²) in [6, 6.07) is 13.9. The van der Waals surface area contributed by atoms with E-state index in [1.165, 1.54) is 0 Å². The maximum absolute atomic E-state index is 12.8. The van der Waals surface area contributed by atoms with E-state index in [1.54, 1.807) is 41.9 Å². The Morgan fingerprint density at radius 1 is 1.15 bits per heavy atom. The van der Waals surface area contributed by atoms with Crippen molar-refractivity contribution in [3.05, 3.63) is 65.4 Å². The number of hydrogen-bond donors (Lipinski definition) is 1. The van der Waals surface area contributed by atoms with Crippen LogP contribution in [-0.2, 0) is 11.8 Å². The molecule has 1 heterocycles. The fourth-order valence-electron chi connectivity index (χ4n) is 3.01. The van der Waals surface area contributed by atoms with Gasteiger partial charge in [0.15, 0.2) is 6.29 Å². The van der Waals surface area contributed by atoms with Gasteiger partial charge in [0.25, 0.3) is 5.91 Å². The number of nitrogens with zero attached hydrogens (tertiary/aromatic N) is 1. The second-order valence-corrected chi connectivity index (χ2v) is 6.13. The van der Waals surface area contributed by atoms with Gasteiger partial charge in [-0.1, -0.05) is 31.2 Å². The predicted molar refractivity (Wildman–Crippen MR) is 103 cm³/mol. The number of aromatic nitrogens is 1. The first-order valence-electron chi connectivity index (χ1n) is 8.68. The number of aryl methyl sites for hydroxylation is 1. The molecule has 0 saturated carbocycles. The van der Waals surface area contributed by atoms with Crippen molar-refractivity contribution in [3.8, 4) is 0 Å². The summed E-state index contributed by atoms with van der Waals surface area (Å²) in [5.74, 6) is -0.860. The number of para-hydroxylation sites is 1. The third kappa shape index (κ3) is 3.60. The van der Waals surface area contributed by atoms with E-state index in [0.717, 1.165) is 17.3 Å². The lowest BCUT2D eigenvalue weighted by molar-refractivity contribution is 0.0505. The normalized spacial score (nSPS) is 10.6. The van der Waals surface area contributed by atoms with Gasteiger partial charge >= 0.3 is 5.97 Å². The molecule has 0 atom stereocenters. The van der Waals surface area contributed by atoms with Gasteiger partial charge in [0, 0.05) is 23.6 Å². The number of nitrogens with one attached hydrogen (secondary N) is 1. The fourth-order valence-corrected chi connectivity index (χ4v) is 3.01. The van der Waals surface area contributed by atoms with Gasteiger partial charge in [-0.2, -0.15) is 0 Å². The summed E-state index contributed by atoms with van der Waals surface area (Å²) in [4.78, 5) is 36.4. The van der Waals surface area contributed by atoms with Gasteiger partial charge < -0.3 is 14.6 Å². The van der Waals surface area contributed by atoms with E-state index in [2.05, 4.69) is 5.32 Å². The minimum Gasteiger partial charge on any atom is -0.462 e. The highest BCUT2D eigenvalue weighted by atomic mass is 16.5. The number of anilines is 1. The Morgan fingerprint density at radius 2 is 1.93 bits per heavy atom. The van der Waals surface area contributed by atoms with Gasteiger partial charge in [0.1, 0.15) is 5.69 Å². The van der Waals surface area contributed by atoms with E-state index >= 15 is 0 Å². The standard InChI is InChI=1S/C21H20N2O4/c1-3-11-27-21(26)14-7-6-8-15(12-14)22-20(25)19-17(13-24)16-9-4-5-10-18(16)23(19)2/h4-10,12-13H,3,11H2,1-2H3,(H,22,25). The van der Waals surface area contributed by atoms with E-state index in [9.17, 15) is 14.4 Å². The van der Waals surface area contributed by atoms with Crippen molar-refractivity contribution in [2.75, 3.05) is 11.9 Å². The topological polar surface area (TPSA) is 77.4 Å². The molecule has 6 heteroatoms. The zero-order chi connectivity index (χ0) is 19.4. The minimum absolute atomic E-state index is 0.269. The predicted octanol–water partition coefficient (Wildman–Crippen LogP) is 3.81. The minimum atomic E-state index is -0.439. The van der Waals surface area contributed by atoms with Gasteiger partial charge in [0.05, 0.1) is 17.7 Å². The Balaban J connectivity index is 1.90. The molecule has 0 aliphatic carbocycles. The summed E-state index contributed by atoms with van der Waals surface area (Å²) in [5.41, 5.74) is 2.21. The van der Waals surface area contributed by atoms with E-state index in [0.29, 0.717) is 29.7 Å². The molecular formula is C21H20N2O4. The molecule has 6 nitrogen and oxygen atoms in total. The van der Waals surface area contributed by atoms with Crippen LogP contribution in [0.5, 0.6) is 0 Å². The summed E-state index contributed by atoms with van der Waals surface area (Å²) in [6.45, 7) is 2.26. The molecule has 2 aromatic carbocycles. The van der Waals surface area contributed by atoms with E-state index in [4.69, 9.17) is 4.74 Å². The molecule has 0 aliphatic rings.